The van der Waals surface area contributed by atoms with Gasteiger partial charge in [0.05, 0.1) is 4.47 Å². The number of rotatable bonds is 3. The molecule has 0 saturated carbocycles. The smallest absolute Gasteiger partial charge is 0.178 e. The van der Waals surface area contributed by atoms with E-state index in [1.54, 1.807) is 6.20 Å². The zero-order chi connectivity index (χ0) is 21.2. The second-order valence-corrected chi connectivity index (χ2v) is 7.84. The second kappa shape index (κ2) is 8.13. The molecule has 5 aromatic rings. The number of pyridine rings is 2. The number of hydrogen-bond donors (Lipinski definition) is 1. The highest BCUT2D eigenvalue weighted by atomic mass is 79.9. The number of benzene rings is 1. The predicted molar refractivity (Wildman–Crippen MR) is 125 cm³/mol. The fourth-order valence-electron chi connectivity index (χ4n) is 3.28. The van der Waals surface area contributed by atoms with E-state index >= 15 is 0 Å². The molecule has 0 spiro atoms. The van der Waals surface area contributed by atoms with Crippen molar-refractivity contribution in [2.75, 3.05) is 5.32 Å². The number of aromatic nitrogens is 3. The number of furan rings is 1. The van der Waals surface area contributed by atoms with Gasteiger partial charge in [0.2, 0.25) is 0 Å². The fourth-order valence-corrected chi connectivity index (χ4v) is 3.92. The van der Waals surface area contributed by atoms with Gasteiger partial charge in [0.15, 0.2) is 17.2 Å². The van der Waals surface area contributed by atoms with Crippen LogP contribution in [-0.4, -0.2) is 14.4 Å². The molecular formula is C25H17BrN4O. The molecule has 0 fully saturated rings. The number of nitrogens with zero attached hydrogens (tertiary/aromatic N) is 3. The molecule has 150 valence electrons. The van der Waals surface area contributed by atoms with Crippen LogP contribution >= 0.6 is 15.9 Å². The molecule has 0 aliphatic rings. The molecule has 5 nitrogen and oxygen atoms in total. The van der Waals surface area contributed by atoms with Crippen LogP contribution in [0.3, 0.4) is 0 Å². The van der Waals surface area contributed by atoms with E-state index in [-0.39, 0.29) is 0 Å². The first-order valence-electron chi connectivity index (χ1n) is 9.71. The molecule has 0 radical (unpaired) electrons. The molecule has 6 heteroatoms. The molecule has 4 heterocycles. The number of imidazole rings is 1. The largest absolute Gasteiger partial charge is 0.446 e. The topological polar surface area (TPSA) is 55.4 Å². The predicted octanol–water partition coefficient (Wildman–Crippen LogP) is 6.20. The maximum absolute atomic E-state index is 6.04. The molecule has 0 amide bonds. The monoisotopic (exact) mass is 468 g/mol. The van der Waals surface area contributed by atoms with Gasteiger partial charge in [0.1, 0.15) is 17.2 Å². The van der Waals surface area contributed by atoms with Crippen LogP contribution < -0.4 is 5.32 Å². The summed E-state index contributed by atoms with van der Waals surface area (Å²) in [5.74, 6) is 8.06. The Kier molecular flexibility index (Phi) is 5.03. The molecule has 0 aliphatic carbocycles. The number of aryl methyl sites for hydroxylation is 1. The van der Waals surface area contributed by atoms with Crippen LogP contribution in [0, 0.1) is 18.8 Å². The Morgan fingerprint density at radius 3 is 2.65 bits per heavy atom. The van der Waals surface area contributed by atoms with Gasteiger partial charge in [-0.2, -0.15) is 0 Å². The third-order valence-electron chi connectivity index (χ3n) is 4.67. The molecule has 1 N–H and O–H groups in total. The Labute approximate surface area is 187 Å². The maximum Gasteiger partial charge on any atom is 0.178 e. The van der Waals surface area contributed by atoms with E-state index in [9.17, 15) is 0 Å². The third kappa shape index (κ3) is 3.96. The van der Waals surface area contributed by atoms with Gasteiger partial charge in [-0.05, 0) is 82.7 Å². The van der Waals surface area contributed by atoms with Crippen molar-refractivity contribution in [3.05, 3.63) is 101 Å². The van der Waals surface area contributed by atoms with Crippen molar-refractivity contribution in [1.82, 2.24) is 14.4 Å². The summed E-state index contributed by atoms with van der Waals surface area (Å²) in [5.41, 5.74) is 4.28. The second-order valence-electron chi connectivity index (χ2n) is 6.99. The summed E-state index contributed by atoms with van der Waals surface area (Å²) in [5, 5.41) is 3.49. The molecule has 0 bridgehead atoms. The Hall–Kier alpha value is -3.82. The van der Waals surface area contributed by atoms with E-state index in [2.05, 4.69) is 38.1 Å². The van der Waals surface area contributed by atoms with E-state index in [4.69, 9.17) is 9.40 Å². The number of anilines is 2. The van der Waals surface area contributed by atoms with Crippen LogP contribution in [-0.2, 0) is 0 Å². The average Bonchev–Trinajstić information content (AvgIpc) is 3.39. The van der Waals surface area contributed by atoms with Gasteiger partial charge < -0.3 is 9.73 Å². The van der Waals surface area contributed by atoms with Gasteiger partial charge in [-0.25, -0.2) is 9.97 Å². The van der Waals surface area contributed by atoms with E-state index < -0.39 is 0 Å². The molecule has 0 unspecified atom stereocenters. The summed E-state index contributed by atoms with van der Waals surface area (Å²) >= 11 is 3.64. The fraction of sp³-hybridized carbons (Fsp3) is 0.0400. The van der Waals surface area contributed by atoms with Gasteiger partial charge >= 0.3 is 0 Å². The molecular weight excluding hydrogens is 452 g/mol. The minimum absolute atomic E-state index is 0.554. The normalized spacial score (nSPS) is 10.6. The minimum atomic E-state index is 0.554. The lowest BCUT2D eigenvalue weighted by Crippen LogP contribution is -1.97. The Morgan fingerprint density at radius 1 is 1.00 bits per heavy atom. The van der Waals surface area contributed by atoms with Crippen molar-refractivity contribution in [3.63, 3.8) is 0 Å². The highest BCUT2D eigenvalue weighted by Gasteiger charge is 2.19. The van der Waals surface area contributed by atoms with Crippen molar-refractivity contribution in [2.45, 2.75) is 6.92 Å². The van der Waals surface area contributed by atoms with Crippen LogP contribution in [0.5, 0.6) is 0 Å². The lowest BCUT2D eigenvalue weighted by Gasteiger charge is -2.08. The molecule has 0 saturated heterocycles. The number of para-hydroxylation sites is 1. The van der Waals surface area contributed by atoms with Crippen molar-refractivity contribution >= 4 is 33.1 Å². The van der Waals surface area contributed by atoms with E-state index in [0.717, 1.165) is 27.2 Å². The molecule has 0 aliphatic heterocycles. The number of halogens is 1. The Bertz CT molecular complexity index is 1430. The lowest BCUT2D eigenvalue weighted by atomic mass is 10.3. The summed E-state index contributed by atoms with van der Waals surface area (Å²) < 4.78 is 8.98. The standard InChI is InChI=1S/C25H17BrN4O/c1-17-15-21(26)24-29-23(25(30(24)16-17)28-19-8-3-2-4-9-19)22-13-12-20(31-22)11-10-18-7-5-6-14-27-18/h2-9,12-16,28H,1H3. The van der Waals surface area contributed by atoms with Crippen LogP contribution in [0.1, 0.15) is 17.0 Å². The summed E-state index contributed by atoms with van der Waals surface area (Å²) in [4.78, 5) is 9.07. The van der Waals surface area contributed by atoms with Gasteiger partial charge in [-0.15, -0.1) is 0 Å². The van der Waals surface area contributed by atoms with Gasteiger partial charge in [-0.3, -0.25) is 4.40 Å². The quantitative estimate of drug-likeness (QED) is 0.320. The zero-order valence-electron chi connectivity index (χ0n) is 16.6. The third-order valence-corrected chi connectivity index (χ3v) is 5.25. The minimum Gasteiger partial charge on any atom is -0.446 e. The molecule has 4 aromatic heterocycles. The van der Waals surface area contributed by atoms with E-state index in [0.29, 0.717) is 22.9 Å². The van der Waals surface area contributed by atoms with Crippen molar-refractivity contribution < 1.29 is 4.42 Å². The number of fused-ring (bicyclic) bond motifs is 1. The molecule has 31 heavy (non-hydrogen) atoms. The SMILES string of the molecule is Cc1cc(Br)c2nc(-c3ccc(C#Cc4ccccn4)o3)c(Nc3ccccc3)n2c1. The lowest BCUT2D eigenvalue weighted by molar-refractivity contribution is 0.567. The number of nitrogens with one attached hydrogen (secondary N) is 1. The maximum atomic E-state index is 6.04. The van der Waals surface area contributed by atoms with Crippen LogP contribution in [0.25, 0.3) is 17.1 Å². The average molecular weight is 469 g/mol. The summed E-state index contributed by atoms with van der Waals surface area (Å²) in [6.45, 7) is 2.05. The first-order valence-corrected chi connectivity index (χ1v) is 10.5. The Morgan fingerprint density at radius 2 is 1.84 bits per heavy atom. The van der Waals surface area contributed by atoms with Gasteiger partial charge in [-0.1, -0.05) is 24.3 Å². The first kappa shape index (κ1) is 19.2. The first-order chi connectivity index (χ1) is 15.2. The van der Waals surface area contributed by atoms with Crippen molar-refractivity contribution in [1.29, 1.82) is 0 Å². The summed E-state index contributed by atoms with van der Waals surface area (Å²) in [7, 11) is 0. The van der Waals surface area contributed by atoms with E-state index in [1.807, 2.05) is 84.3 Å². The number of hydrogen-bond acceptors (Lipinski definition) is 4. The van der Waals surface area contributed by atoms with Crippen LogP contribution in [0.4, 0.5) is 11.5 Å². The Balaban J connectivity index is 1.60. The highest BCUT2D eigenvalue weighted by molar-refractivity contribution is 9.10. The zero-order valence-corrected chi connectivity index (χ0v) is 18.2. The van der Waals surface area contributed by atoms with Crippen molar-refractivity contribution in [3.8, 4) is 23.3 Å². The molecule has 5 rings (SSSR count). The summed E-state index contributed by atoms with van der Waals surface area (Å²) in [6.07, 6.45) is 3.77. The highest BCUT2D eigenvalue weighted by Crippen LogP contribution is 2.34. The van der Waals surface area contributed by atoms with Gasteiger partial charge in [0, 0.05) is 18.1 Å². The molecule has 0 atom stereocenters. The van der Waals surface area contributed by atoms with Crippen molar-refractivity contribution in [2.24, 2.45) is 0 Å². The van der Waals surface area contributed by atoms with Crippen LogP contribution in [0.15, 0.2) is 88.0 Å². The summed E-state index contributed by atoms with van der Waals surface area (Å²) in [6, 6.07) is 21.4. The van der Waals surface area contributed by atoms with Gasteiger partial charge in [0.25, 0.3) is 0 Å². The van der Waals surface area contributed by atoms with Crippen LogP contribution in [0.2, 0.25) is 0 Å². The molecule has 1 aromatic carbocycles. The van der Waals surface area contributed by atoms with E-state index in [1.165, 1.54) is 0 Å².